The molecule has 1 atom stereocenters. The van der Waals surface area contributed by atoms with E-state index in [-0.39, 0.29) is 0 Å². The average Bonchev–Trinajstić information content (AvgIpc) is 3.12. The summed E-state index contributed by atoms with van der Waals surface area (Å²) in [6.45, 7) is 5.81. The third-order valence-electron chi connectivity index (χ3n) is 4.75. The van der Waals surface area contributed by atoms with E-state index < -0.39 is 6.10 Å². The van der Waals surface area contributed by atoms with E-state index in [4.69, 9.17) is 4.74 Å². The summed E-state index contributed by atoms with van der Waals surface area (Å²) in [5, 5.41) is 16.3. The first-order valence-corrected chi connectivity index (χ1v) is 9.74. The summed E-state index contributed by atoms with van der Waals surface area (Å²) < 4.78 is 5.91. The Balaban J connectivity index is 1.37. The number of nitrogens with one attached hydrogen (secondary N) is 1. The number of nitrogens with zero attached hydrogens (tertiary/aromatic N) is 3. The van der Waals surface area contributed by atoms with Gasteiger partial charge in [0, 0.05) is 13.0 Å². The van der Waals surface area contributed by atoms with Crippen LogP contribution in [0.3, 0.4) is 0 Å². The fourth-order valence-corrected chi connectivity index (χ4v) is 3.30. The van der Waals surface area contributed by atoms with Gasteiger partial charge in [-0.2, -0.15) is 5.10 Å². The second-order valence-corrected chi connectivity index (χ2v) is 7.11. The van der Waals surface area contributed by atoms with Crippen molar-refractivity contribution in [1.29, 1.82) is 0 Å². The molecule has 2 heterocycles. The number of ether oxygens (including phenoxy) is 1. The monoisotopic (exact) mass is 358 g/mol. The summed E-state index contributed by atoms with van der Waals surface area (Å²) in [4.78, 5) is 6.80. The molecule has 6 nitrogen and oxygen atoms in total. The van der Waals surface area contributed by atoms with Crippen LogP contribution in [-0.4, -0.2) is 44.9 Å². The van der Waals surface area contributed by atoms with Gasteiger partial charge in [-0.15, -0.1) is 0 Å². The molecule has 6 heteroatoms. The number of hydrogen-bond donors (Lipinski definition) is 2. The van der Waals surface area contributed by atoms with Crippen molar-refractivity contribution in [3.05, 3.63) is 41.5 Å². The topological polar surface area (TPSA) is 74.3 Å². The van der Waals surface area contributed by atoms with E-state index in [1.54, 1.807) is 6.92 Å². The van der Waals surface area contributed by atoms with Gasteiger partial charge in [0.1, 0.15) is 17.7 Å². The molecular formula is C20H30N4O2. The van der Waals surface area contributed by atoms with Crippen LogP contribution >= 0.6 is 0 Å². The van der Waals surface area contributed by atoms with Crippen molar-refractivity contribution >= 4 is 0 Å². The minimum absolute atomic E-state index is 0.460. The fraction of sp³-hybridized carbons (Fsp3) is 0.600. The highest BCUT2D eigenvalue weighted by atomic mass is 16.5. The SMILES string of the molecule is CC(O)c1n[nH]c(CCCCOc2cccc(CN3CCCCC3)c2)n1. The number of aliphatic hydroxyl groups is 1. The molecule has 3 rings (SSSR count). The van der Waals surface area contributed by atoms with Crippen LogP contribution in [0.2, 0.25) is 0 Å². The summed E-state index contributed by atoms with van der Waals surface area (Å²) in [5.41, 5.74) is 1.33. The van der Waals surface area contributed by atoms with Crippen LogP contribution in [0.25, 0.3) is 0 Å². The van der Waals surface area contributed by atoms with Crippen LogP contribution in [0.5, 0.6) is 5.75 Å². The number of aromatic nitrogens is 3. The number of aryl methyl sites for hydroxylation is 1. The minimum atomic E-state index is -0.624. The van der Waals surface area contributed by atoms with E-state index in [1.165, 1.54) is 37.9 Å². The number of benzene rings is 1. The third kappa shape index (κ3) is 5.81. The zero-order valence-electron chi connectivity index (χ0n) is 15.7. The van der Waals surface area contributed by atoms with Crippen LogP contribution < -0.4 is 4.74 Å². The number of H-pyrrole nitrogens is 1. The third-order valence-corrected chi connectivity index (χ3v) is 4.75. The first kappa shape index (κ1) is 18.9. The first-order chi connectivity index (χ1) is 12.7. The molecule has 1 fully saturated rings. The predicted molar refractivity (Wildman–Crippen MR) is 101 cm³/mol. The largest absolute Gasteiger partial charge is 0.494 e. The molecule has 0 spiro atoms. The Morgan fingerprint density at radius 2 is 2.08 bits per heavy atom. The zero-order chi connectivity index (χ0) is 18.2. The highest BCUT2D eigenvalue weighted by Crippen LogP contribution is 2.18. The molecule has 0 aliphatic carbocycles. The summed E-state index contributed by atoms with van der Waals surface area (Å²) in [6, 6.07) is 8.47. The Hall–Kier alpha value is -1.92. The van der Waals surface area contributed by atoms with Gasteiger partial charge in [-0.3, -0.25) is 10.00 Å². The molecule has 1 aromatic carbocycles. The molecule has 26 heavy (non-hydrogen) atoms. The van der Waals surface area contributed by atoms with Crippen molar-refractivity contribution in [2.75, 3.05) is 19.7 Å². The molecule has 142 valence electrons. The highest BCUT2D eigenvalue weighted by molar-refractivity contribution is 5.28. The Bertz CT molecular complexity index is 665. The average molecular weight is 358 g/mol. The van der Waals surface area contributed by atoms with Gasteiger partial charge in [0.15, 0.2) is 5.82 Å². The molecule has 0 amide bonds. The van der Waals surface area contributed by atoms with Crippen LogP contribution in [-0.2, 0) is 13.0 Å². The molecule has 1 saturated heterocycles. The van der Waals surface area contributed by atoms with E-state index in [0.717, 1.165) is 37.4 Å². The maximum absolute atomic E-state index is 9.43. The van der Waals surface area contributed by atoms with Crippen molar-refractivity contribution in [3.63, 3.8) is 0 Å². The zero-order valence-corrected chi connectivity index (χ0v) is 15.7. The number of hydrogen-bond acceptors (Lipinski definition) is 5. The number of piperidine rings is 1. The van der Waals surface area contributed by atoms with E-state index in [0.29, 0.717) is 12.4 Å². The molecule has 0 radical (unpaired) electrons. The lowest BCUT2D eigenvalue weighted by molar-refractivity contribution is 0.189. The predicted octanol–water partition coefficient (Wildman–Crippen LogP) is 3.25. The Morgan fingerprint density at radius 3 is 2.85 bits per heavy atom. The molecule has 0 saturated carbocycles. The summed E-state index contributed by atoms with van der Waals surface area (Å²) in [5.74, 6) is 2.24. The lowest BCUT2D eigenvalue weighted by atomic mass is 10.1. The molecule has 1 aliphatic heterocycles. The van der Waals surface area contributed by atoms with Crippen molar-refractivity contribution in [1.82, 2.24) is 20.1 Å². The lowest BCUT2D eigenvalue weighted by Gasteiger charge is -2.26. The Labute approximate surface area is 155 Å². The quantitative estimate of drug-likeness (QED) is 0.673. The Morgan fingerprint density at radius 1 is 1.23 bits per heavy atom. The summed E-state index contributed by atoms with van der Waals surface area (Å²) >= 11 is 0. The molecule has 1 aliphatic rings. The van der Waals surface area contributed by atoms with Crippen molar-refractivity contribution in [2.24, 2.45) is 0 Å². The number of unbranched alkanes of at least 4 members (excludes halogenated alkanes) is 1. The molecule has 2 aromatic rings. The normalized spacial score (nSPS) is 16.5. The smallest absolute Gasteiger partial charge is 0.178 e. The second kappa shape index (κ2) is 9.69. The number of rotatable bonds is 9. The molecule has 2 N–H and O–H groups in total. The first-order valence-electron chi connectivity index (χ1n) is 9.74. The number of likely N-dealkylation sites (tertiary alicyclic amines) is 1. The van der Waals surface area contributed by atoms with Crippen molar-refractivity contribution in [3.8, 4) is 5.75 Å². The van der Waals surface area contributed by atoms with Gasteiger partial charge in [0.2, 0.25) is 0 Å². The van der Waals surface area contributed by atoms with Gasteiger partial charge < -0.3 is 9.84 Å². The van der Waals surface area contributed by atoms with Gasteiger partial charge >= 0.3 is 0 Å². The van der Waals surface area contributed by atoms with Crippen LogP contribution in [0, 0.1) is 0 Å². The molecule has 1 aromatic heterocycles. The van der Waals surface area contributed by atoms with Crippen molar-refractivity contribution in [2.45, 2.75) is 58.1 Å². The van der Waals surface area contributed by atoms with Gasteiger partial charge in [-0.25, -0.2) is 4.98 Å². The van der Waals surface area contributed by atoms with Crippen LogP contribution in [0.15, 0.2) is 24.3 Å². The van der Waals surface area contributed by atoms with Crippen LogP contribution in [0.1, 0.15) is 62.3 Å². The van der Waals surface area contributed by atoms with Gasteiger partial charge in [-0.05, 0) is 63.4 Å². The maximum atomic E-state index is 9.43. The molecular weight excluding hydrogens is 328 g/mol. The standard InChI is InChI=1S/C20H30N4O2/c1-16(25)20-21-19(22-23-20)10-3-6-13-26-18-9-7-8-17(14-18)15-24-11-4-2-5-12-24/h7-9,14,16,25H,2-6,10-13,15H2,1H3,(H,21,22,23). The number of aromatic amines is 1. The second-order valence-electron chi connectivity index (χ2n) is 7.11. The lowest BCUT2D eigenvalue weighted by Crippen LogP contribution is -2.29. The van der Waals surface area contributed by atoms with Crippen LogP contribution in [0.4, 0.5) is 0 Å². The molecule has 0 bridgehead atoms. The number of aliphatic hydroxyl groups excluding tert-OH is 1. The Kier molecular flexibility index (Phi) is 7.03. The maximum Gasteiger partial charge on any atom is 0.178 e. The summed E-state index contributed by atoms with van der Waals surface area (Å²) in [7, 11) is 0. The van der Waals surface area contributed by atoms with E-state index >= 15 is 0 Å². The van der Waals surface area contributed by atoms with Gasteiger partial charge in [0.05, 0.1) is 6.61 Å². The molecule has 1 unspecified atom stereocenters. The van der Waals surface area contributed by atoms with E-state index in [9.17, 15) is 5.11 Å². The minimum Gasteiger partial charge on any atom is -0.494 e. The van der Waals surface area contributed by atoms with E-state index in [1.807, 2.05) is 6.07 Å². The van der Waals surface area contributed by atoms with Gasteiger partial charge in [-0.1, -0.05) is 18.6 Å². The van der Waals surface area contributed by atoms with Crippen molar-refractivity contribution < 1.29 is 9.84 Å². The van der Waals surface area contributed by atoms with E-state index in [2.05, 4.69) is 38.3 Å². The summed E-state index contributed by atoms with van der Waals surface area (Å²) in [6.07, 6.45) is 6.13. The van der Waals surface area contributed by atoms with Gasteiger partial charge in [0.25, 0.3) is 0 Å². The highest BCUT2D eigenvalue weighted by Gasteiger charge is 2.11. The fourth-order valence-electron chi connectivity index (χ4n) is 3.30.